The first-order chi connectivity index (χ1) is 7.15. The van der Waals surface area contributed by atoms with E-state index in [9.17, 15) is 4.80 Å². The molecule has 0 amide bonds. The lowest BCUT2D eigenvalue weighted by molar-refractivity contribution is 0.361. The van der Waals surface area contributed by atoms with Crippen LogP contribution in [0, 0.1) is 0 Å². The molecular weight excluding hydrogens is 200 g/mol. The molecule has 2 heteroatoms. The average Bonchev–Trinajstić information content (AvgIpc) is 2.89. The molecule has 2 aliphatic carbocycles. The molecule has 1 nitrogen and oxygen atoms in total. The molecule has 1 radical (unpaired) electrons. The van der Waals surface area contributed by atoms with Gasteiger partial charge in [-0.1, -0.05) is 65.2 Å². The highest BCUT2D eigenvalue weighted by atomic mass is 28.4. The molecule has 0 saturated heterocycles. The number of hydrogen-bond acceptors (Lipinski definition) is 0. The second kappa shape index (κ2) is 4.58. The van der Waals surface area contributed by atoms with Gasteiger partial charge in [0.05, 0.1) is 0 Å². The second-order valence-electron chi connectivity index (χ2n) is 5.97. The van der Waals surface area contributed by atoms with Crippen molar-refractivity contribution in [2.45, 2.75) is 81.8 Å². The topological polar surface area (TPSA) is 19.9 Å². The Morgan fingerprint density at radius 2 is 1.20 bits per heavy atom. The van der Waals surface area contributed by atoms with E-state index in [1.54, 1.807) is 0 Å². The molecule has 87 valence electrons. The predicted octanol–water partition coefficient (Wildman–Crippen LogP) is 4.66. The lowest BCUT2D eigenvalue weighted by atomic mass is 10.3. The molecule has 2 fully saturated rings. The minimum absolute atomic E-state index is 0.462. The number of rotatable bonds is 3. The van der Waals surface area contributed by atoms with E-state index < -0.39 is 8.32 Å². The van der Waals surface area contributed by atoms with Gasteiger partial charge in [-0.25, -0.2) is 0 Å². The van der Waals surface area contributed by atoms with Gasteiger partial charge in [-0.3, -0.25) is 4.80 Å². The molecule has 0 aromatic rings. The minimum atomic E-state index is -2.21. The van der Waals surface area contributed by atoms with Gasteiger partial charge in [0.15, 0.2) is 0 Å². The largest absolute Gasteiger partial charge is 0.296 e. The van der Waals surface area contributed by atoms with Crippen LogP contribution in [0.2, 0.25) is 16.6 Å². The molecule has 0 atom stereocenters. The van der Waals surface area contributed by atoms with E-state index in [-0.39, 0.29) is 0 Å². The van der Waals surface area contributed by atoms with E-state index >= 15 is 0 Å². The van der Waals surface area contributed by atoms with Gasteiger partial charge in [-0.15, -0.1) is 0 Å². The average molecular weight is 225 g/mol. The lowest BCUT2D eigenvalue weighted by Gasteiger charge is -2.37. The monoisotopic (exact) mass is 225 g/mol. The highest BCUT2D eigenvalue weighted by Crippen LogP contribution is 2.53. The summed E-state index contributed by atoms with van der Waals surface area (Å²) < 4.78 is 0. The summed E-state index contributed by atoms with van der Waals surface area (Å²) in [5, 5.41) is 0. The zero-order valence-corrected chi connectivity index (χ0v) is 11.3. The summed E-state index contributed by atoms with van der Waals surface area (Å²) in [6.07, 6.45) is 10.4. The Balaban J connectivity index is 2.14. The minimum Gasteiger partial charge on any atom is -0.296 e. The summed E-state index contributed by atoms with van der Waals surface area (Å²) in [5.41, 5.74) is 1.71. The van der Waals surface area contributed by atoms with E-state index in [0.717, 1.165) is 0 Å². The predicted molar refractivity (Wildman–Crippen MR) is 66.0 cm³/mol. The Morgan fingerprint density at radius 3 is 1.47 bits per heavy atom. The van der Waals surface area contributed by atoms with Gasteiger partial charge in [0.1, 0.15) is 0 Å². The van der Waals surface area contributed by atoms with Crippen molar-refractivity contribution in [1.82, 2.24) is 0 Å². The maximum Gasteiger partial charge on any atom is 0.246 e. The van der Waals surface area contributed by atoms with Crippen molar-refractivity contribution in [3.63, 3.8) is 0 Å². The third kappa shape index (κ3) is 2.03. The number of hydrogen-bond donors (Lipinski definition) is 0. The zero-order chi connectivity index (χ0) is 10.9. The van der Waals surface area contributed by atoms with Crippen molar-refractivity contribution in [2.24, 2.45) is 0 Å². The fourth-order valence-electron chi connectivity index (χ4n) is 4.03. The van der Waals surface area contributed by atoms with E-state index in [1.807, 2.05) is 0 Å². The summed E-state index contributed by atoms with van der Waals surface area (Å²) in [6.45, 7) is 4.44. The van der Waals surface area contributed by atoms with Gasteiger partial charge in [0, 0.05) is 0 Å². The zero-order valence-electron chi connectivity index (χ0n) is 10.3. The summed E-state index contributed by atoms with van der Waals surface area (Å²) in [7, 11) is -2.21. The summed E-state index contributed by atoms with van der Waals surface area (Å²) in [6, 6.07) is 0. The first-order valence-corrected chi connectivity index (χ1v) is 9.00. The smallest absolute Gasteiger partial charge is 0.246 e. The van der Waals surface area contributed by atoms with Crippen LogP contribution >= 0.6 is 0 Å². The van der Waals surface area contributed by atoms with Crippen LogP contribution in [0.1, 0.15) is 65.2 Å². The van der Waals surface area contributed by atoms with E-state index in [0.29, 0.717) is 16.6 Å². The summed E-state index contributed by atoms with van der Waals surface area (Å²) in [4.78, 5) is 13.3. The molecule has 0 heterocycles. The molecule has 0 unspecified atom stereocenters. The Bertz CT molecular complexity index is 187. The van der Waals surface area contributed by atoms with Crippen molar-refractivity contribution in [2.75, 3.05) is 0 Å². The van der Waals surface area contributed by atoms with Gasteiger partial charge in [-0.05, 0) is 16.6 Å². The molecule has 2 rings (SSSR count). The fraction of sp³-hybridized carbons (Fsp3) is 1.00. The van der Waals surface area contributed by atoms with Crippen molar-refractivity contribution in [3.05, 3.63) is 0 Å². The van der Waals surface area contributed by atoms with Crippen molar-refractivity contribution in [1.29, 1.82) is 0 Å². The van der Waals surface area contributed by atoms with Gasteiger partial charge in [0.25, 0.3) is 0 Å². The molecule has 0 aliphatic heterocycles. The molecule has 2 saturated carbocycles. The Kier molecular flexibility index (Phi) is 3.56. The SMILES string of the molecule is CC(C)[Si]([O])(C1CCCC1)C1CCCC1. The molecule has 2 aliphatic rings. The molecule has 0 aromatic carbocycles. The second-order valence-corrected chi connectivity index (χ2v) is 10.5. The highest BCUT2D eigenvalue weighted by molar-refractivity contribution is 6.76. The van der Waals surface area contributed by atoms with Crippen LogP contribution < -0.4 is 0 Å². The molecule has 0 N–H and O–H groups in total. The van der Waals surface area contributed by atoms with Gasteiger partial charge >= 0.3 is 0 Å². The highest BCUT2D eigenvalue weighted by Gasteiger charge is 2.52. The standard InChI is InChI=1S/C13H25OSi/c1-11(2)15(14,12-7-3-4-8-12)13-9-5-6-10-13/h11-13H,3-10H2,1-2H3. The van der Waals surface area contributed by atoms with Crippen LogP contribution in [-0.4, -0.2) is 8.32 Å². The Morgan fingerprint density at radius 1 is 0.867 bits per heavy atom. The van der Waals surface area contributed by atoms with E-state index in [2.05, 4.69) is 13.8 Å². The van der Waals surface area contributed by atoms with Crippen molar-refractivity contribution >= 4 is 8.32 Å². The molecule has 0 bridgehead atoms. The third-order valence-corrected chi connectivity index (χ3v) is 10.4. The van der Waals surface area contributed by atoms with Gasteiger partial charge in [-0.2, -0.15) is 0 Å². The fourth-order valence-corrected chi connectivity index (χ4v) is 9.20. The maximum atomic E-state index is 13.3. The van der Waals surface area contributed by atoms with Gasteiger partial charge in [0.2, 0.25) is 8.32 Å². The van der Waals surface area contributed by atoms with E-state index in [4.69, 9.17) is 0 Å². The van der Waals surface area contributed by atoms with Crippen LogP contribution in [0.25, 0.3) is 0 Å². The molecular formula is C13H25OSi. The first-order valence-electron chi connectivity index (χ1n) is 6.86. The van der Waals surface area contributed by atoms with Crippen molar-refractivity contribution in [3.8, 4) is 0 Å². The molecule has 0 aromatic heterocycles. The molecule has 0 spiro atoms. The third-order valence-electron chi connectivity index (χ3n) is 4.89. The van der Waals surface area contributed by atoms with Crippen LogP contribution in [0.15, 0.2) is 0 Å². The Labute approximate surface area is 95.4 Å². The van der Waals surface area contributed by atoms with Crippen LogP contribution in [0.4, 0.5) is 0 Å². The lowest BCUT2D eigenvalue weighted by Crippen LogP contribution is -2.45. The maximum absolute atomic E-state index is 13.3. The van der Waals surface area contributed by atoms with Crippen LogP contribution in [-0.2, 0) is 4.80 Å². The first kappa shape index (κ1) is 11.7. The van der Waals surface area contributed by atoms with Crippen LogP contribution in [0.5, 0.6) is 0 Å². The van der Waals surface area contributed by atoms with Crippen LogP contribution in [0.3, 0.4) is 0 Å². The van der Waals surface area contributed by atoms with Gasteiger partial charge < -0.3 is 0 Å². The summed E-state index contributed by atoms with van der Waals surface area (Å²) >= 11 is 0. The normalized spacial score (nSPS) is 25.6. The van der Waals surface area contributed by atoms with Crippen molar-refractivity contribution < 1.29 is 4.80 Å². The Hall–Kier alpha value is 0.177. The summed E-state index contributed by atoms with van der Waals surface area (Å²) in [5.74, 6) is 0. The quantitative estimate of drug-likeness (QED) is 0.623. The molecule has 15 heavy (non-hydrogen) atoms. The van der Waals surface area contributed by atoms with E-state index in [1.165, 1.54) is 51.4 Å².